The van der Waals surface area contributed by atoms with Crippen molar-refractivity contribution in [1.82, 2.24) is 10.6 Å². The van der Waals surface area contributed by atoms with E-state index in [0.717, 1.165) is 5.56 Å². The van der Waals surface area contributed by atoms with Gasteiger partial charge in [0.25, 0.3) is 0 Å². The molecule has 6 heteroatoms. The maximum atomic E-state index is 12.2. The molecule has 2 rings (SSSR count). The standard InChI is InChI=1S/C14H15ClN2O2S/c1-3-19-13(18)11-8(2)16-14(20)17-12(11)9-6-4-5-7-10(9)15/h4-7,12H,3H2,1-2H3,(H2,16,17,20)/t12-/m1/s1. The highest BCUT2D eigenvalue weighted by Crippen LogP contribution is 2.31. The zero-order valence-corrected chi connectivity index (χ0v) is 12.8. The van der Waals surface area contributed by atoms with Crippen LogP contribution in [-0.4, -0.2) is 17.7 Å². The molecule has 4 nitrogen and oxygen atoms in total. The minimum absolute atomic E-state index is 0.315. The van der Waals surface area contributed by atoms with Gasteiger partial charge in [0.2, 0.25) is 0 Å². The number of allylic oxidation sites excluding steroid dienone is 1. The molecule has 0 saturated carbocycles. The molecule has 0 aromatic heterocycles. The predicted octanol–water partition coefficient (Wildman–Crippen LogP) is 2.70. The highest BCUT2D eigenvalue weighted by Gasteiger charge is 2.31. The van der Waals surface area contributed by atoms with Gasteiger partial charge in [-0.1, -0.05) is 29.8 Å². The van der Waals surface area contributed by atoms with E-state index in [4.69, 9.17) is 28.6 Å². The first kappa shape index (κ1) is 14.8. The van der Waals surface area contributed by atoms with Crippen LogP contribution in [0.4, 0.5) is 0 Å². The van der Waals surface area contributed by atoms with Crippen molar-refractivity contribution in [3.05, 3.63) is 46.1 Å². The lowest BCUT2D eigenvalue weighted by Gasteiger charge is -2.30. The van der Waals surface area contributed by atoms with Crippen LogP contribution >= 0.6 is 23.8 Å². The molecule has 0 aliphatic carbocycles. The van der Waals surface area contributed by atoms with Gasteiger partial charge in [-0.2, -0.15) is 0 Å². The van der Waals surface area contributed by atoms with Crippen LogP contribution in [0.25, 0.3) is 0 Å². The van der Waals surface area contributed by atoms with E-state index >= 15 is 0 Å². The second kappa shape index (κ2) is 6.24. The smallest absolute Gasteiger partial charge is 0.338 e. The third-order valence-corrected chi connectivity index (χ3v) is 3.54. The van der Waals surface area contributed by atoms with Gasteiger partial charge in [0.15, 0.2) is 5.11 Å². The molecule has 20 heavy (non-hydrogen) atoms. The Kier molecular flexibility index (Phi) is 4.62. The zero-order valence-electron chi connectivity index (χ0n) is 11.2. The van der Waals surface area contributed by atoms with E-state index in [1.54, 1.807) is 19.9 Å². The van der Waals surface area contributed by atoms with Crippen molar-refractivity contribution in [2.75, 3.05) is 6.61 Å². The quantitative estimate of drug-likeness (QED) is 0.664. The van der Waals surface area contributed by atoms with Crippen LogP contribution in [-0.2, 0) is 9.53 Å². The summed E-state index contributed by atoms with van der Waals surface area (Å²) in [5.41, 5.74) is 1.96. The lowest BCUT2D eigenvalue weighted by atomic mass is 9.95. The molecule has 0 unspecified atom stereocenters. The predicted molar refractivity (Wildman–Crippen MR) is 82.4 cm³/mol. The molecule has 0 bridgehead atoms. The number of carbonyl (C=O) groups excluding carboxylic acids is 1. The van der Waals surface area contributed by atoms with Crippen LogP contribution in [0.2, 0.25) is 5.02 Å². The maximum absolute atomic E-state index is 12.2. The summed E-state index contributed by atoms with van der Waals surface area (Å²) in [6.45, 7) is 3.88. The van der Waals surface area contributed by atoms with E-state index in [-0.39, 0.29) is 5.97 Å². The van der Waals surface area contributed by atoms with Crippen LogP contribution in [0.1, 0.15) is 25.5 Å². The fourth-order valence-corrected chi connectivity index (χ4v) is 2.63. The Morgan fingerprint density at radius 2 is 2.15 bits per heavy atom. The number of esters is 1. The summed E-state index contributed by atoms with van der Waals surface area (Å²) >= 11 is 11.4. The van der Waals surface area contributed by atoms with Gasteiger partial charge in [0.05, 0.1) is 18.2 Å². The molecule has 1 heterocycles. The molecule has 1 aliphatic rings. The minimum atomic E-state index is -0.406. The topological polar surface area (TPSA) is 50.4 Å². The first-order chi connectivity index (χ1) is 9.54. The number of rotatable bonds is 3. The van der Waals surface area contributed by atoms with Crippen molar-refractivity contribution in [1.29, 1.82) is 0 Å². The van der Waals surface area contributed by atoms with E-state index < -0.39 is 6.04 Å². The average molecular weight is 311 g/mol. The van der Waals surface area contributed by atoms with E-state index in [1.165, 1.54) is 0 Å². The summed E-state index contributed by atoms with van der Waals surface area (Å²) in [4.78, 5) is 12.2. The van der Waals surface area contributed by atoms with Gasteiger partial charge in [0.1, 0.15) is 0 Å². The fraction of sp³-hybridized carbons (Fsp3) is 0.286. The molecular formula is C14H15ClN2O2S. The van der Waals surface area contributed by atoms with Crippen molar-refractivity contribution in [3.63, 3.8) is 0 Å². The first-order valence-corrected chi connectivity index (χ1v) is 7.03. The Hall–Kier alpha value is -1.59. The van der Waals surface area contributed by atoms with Gasteiger partial charge >= 0.3 is 5.97 Å². The van der Waals surface area contributed by atoms with E-state index in [2.05, 4.69) is 10.6 Å². The van der Waals surface area contributed by atoms with Gasteiger partial charge in [-0.15, -0.1) is 0 Å². The molecule has 1 aromatic carbocycles. The molecular weight excluding hydrogens is 296 g/mol. The van der Waals surface area contributed by atoms with Gasteiger partial charge in [0, 0.05) is 10.7 Å². The highest BCUT2D eigenvalue weighted by atomic mass is 35.5. The molecule has 0 amide bonds. The third-order valence-electron chi connectivity index (χ3n) is 2.98. The molecule has 0 saturated heterocycles. The monoisotopic (exact) mass is 310 g/mol. The van der Waals surface area contributed by atoms with Crippen molar-refractivity contribution in [2.45, 2.75) is 19.9 Å². The number of benzene rings is 1. The second-order valence-electron chi connectivity index (χ2n) is 4.31. The Labute approximate surface area is 128 Å². The largest absolute Gasteiger partial charge is 0.463 e. The van der Waals surface area contributed by atoms with Crippen molar-refractivity contribution < 1.29 is 9.53 Å². The number of hydrogen-bond donors (Lipinski definition) is 2. The lowest BCUT2D eigenvalue weighted by molar-refractivity contribution is -0.139. The summed E-state index contributed by atoms with van der Waals surface area (Å²) in [6, 6.07) is 6.94. The Balaban J connectivity index is 2.48. The summed E-state index contributed by atoms with van der Waals surface area (Å²) in [6.07, 6.45) is 0. The van der Waals surface area contributed by atoms with Crippen molar-refractivity contribution >= 4 is 34.9 Å². The molecule has 1 aromatic rings. The van der Waals surface area contributed by atoms with Crippen LogP contribution in [0.15, 0.2) is 35.5 Å². The summed E-state index contributed by atoms with van der Waals surface area (Å²) < 4.78 is 5.12. The Morgan fingerprint density at radius 3 is 2.80 bits per heavy atom. The highest BCUT2D eigenvalue weighted by molar-refractivity contribution is 7.80. The zero-order chi connectivity index (χ0) is 14.7. The van der Waals surface area contributed by atoms with Crippen LogP contribution in [0, 0.1) is 0 Å². The number of halogens is 1. The number of ether oxygens (including phenoxy) is 1. The number of thiocarbonyl (C=S) groups is 1. The van der Waals surface area contributed by atoms with E-state index in [0.29, 0.717) is 28.0 Å². The minimum Gasteiger partial charge on any atom is -0.463 e. The van der Waals surface area contributed by atoms with E-state index in [9.17, 15) is 4.79 Å². The summed E-state index contributed by atoms with van der Waals surface area (Å²) in [5, 5.41) is 7.05. The summed E-state index contributed by atoms with van der Waals surface area (Å²) in [5.74, 6) is -0.377. The maximum Gasteiger partial charge on any atom is 0.338 e. The molecule has 1 atom stereocenters. The van der Waals surface area contributed by atoms with Crippen LogP contribution in [0.5, 0.6) is 0 Å². The number of hydrogen-bond acceptors (Lipinski definition) is 3. The van der Waals surface area contributed by atoms with Gasteiger partial charge in [-0.25, -0.2) is 4.79 Å². The summed E-state index contributed by atoms with van der Waals surface area (Å²) in [7, 11) is 0. The Bertz CT molecular complexity index is 586. The number of nitrogens with one attached hydrogen (secondary N) is 2. The molecule has 2 N–H and O–H groups in total. The molecule has 106 valence electrons. The van der Waals surface area contributed by atoms with Crippen LogP contribution in [0.3, 0.4) is 0 Å². The molecule has 0 fully saturated rings. The van der Waals surface area contributed by atoms with E-state index in [1.807, 2.05) is 18.2 Å². The molecule has 0 radical (unpaired) electrons. The van der Waals surface area contributed by atoms with Crippen molar-refractivity contribution in [3.8, 4) is 0 Å². The lowest BCUT2D eigenvalue weighted by Crippen LogP contribution is -2.45. The normalized spacial score (nSPS) is 18.4. The van der Waals surface area contributed by atoms with Gasteiger partial charge < -0.3 is 15.4 Å². The number of carbonyl (C=O) groups is 1. The fourth-order valence-electron chi connectivity index (χ4n) is 2.12. The molecule has 1 aliphatic heterocycles. The third kappa shape index (κ3) is 2.94. The van der Waals surface area contributed by atoms with Gasteiger partial charge in [-0.3, -0.25) is 0 Å². The first-order valence-electron chi connectivity index (χ1n) is 6.24. The Morgan fingerprint density at radius 1 is 1.45 bits per heavy atom. The molecule has 0 spiro atoms. The second-order valence-corrected chi connectivity index (χ2v) is 5.13. The average Bonchev–Trinajstić information content (AvgIpc) is 2.38. The van der Waals surface area contributed by atoms with Gasteiger partial charge in [-0.05, 0) is 37.7 Å². The van der Waals surface area contributed by atoms with Crippen molar-refractivity contribution in [2.24, 2.45) is 0 Å². The van der Waals surface area contributed by atoms with Crippen LogP contribution < -0.4 is 10.6 Å². The SMILES string of the molecule is CCOC(=O)C1=C(C)NC(=S)N[C@@H]1c1ccccc1Cl.